The molecule has 18 heavy (non-hydrogen) atoms. The molecule has 0 fully saturated rings. The van der Waals surface area contributed by atoms with E-state index in [0.29, 0.717) is 18.1 Å². The molecule has 1 aromatic carbocycles. The highest BCUT2D eigenvalue weighted by molar-refractivity contribution is 6.30. The van der Waals surface area contributed by atoms with E-state index in [9.17, 15) is 0 Å². The van der Waals surface area contributed by atoms with E-state index in [1.165, 1.54) is 0 Å². The van der Waals surface area contributed by atoms with Crippen molar-refractivity contribution in [2.24, 2.45) is 5.73 Å². The maximum atomic E-state index is 5.92. The van der Waals surface area contributed by atoms with Gasteiger partial charge in [0, 0.05) is 11.4 Å². The van der Waals surface area contributed by atoms with E-state index in [1.54, 1.807) is 0 Å². The molecule has 5 heteroatoms. The zero-order chi connectivity index (χ0) is 13.0. The Bertz CT molecular complexity index is 495. The molecular weight excluding hydrogens is 250 g/mol. The minimum Gasteiger partial charge on any atom is -0.338 e. The Hall–Kier alpha value is -1.39. The van der Waals surface area contributed by atoms with E-state index in [4.69, 9.17) is 21.9 Å². The lowest BCUT2D eigenvalue weighted by Crippen LogP contribution is -2.10. The molecule has 0 aliphatic carbocycles. The third kappa shape index (κ3) is 3.31. The fraction of sp³-hybridized carbons (Fsp3) is 0.385. The number of rotatable bonds is 5. The van der Waals surface area contributed by atoms with Crippen molar-refractivity contribution in [3.05, 3.63) is 46.6 Å². The largest absolute Gasteiger partial charge is 0.338 e. The first kappa shape index (κ1) is 13.1. The molecule has 96 valence electrons. The molecule has 1 heterocycles. The summed E-state index contributed by atoms with van der Waals surface area (Å²) < 4.78 is 5.16. The van der Waals surface area contributed by atoms with Crippen LogP contribution in [0.4, 0.5) is 0 Å². The molecule has 0 spiro atoms. The fourth-order valence-corrected chi connectivity index (χ4v) is 1.84. The van der Waals surface area contributed by atoms with Gasteiger partial charge in [-0.05, 0) is 24.1 Å². The van der Waals surface area contributed by atoms with Crippen molar-refractivity contribution in [1.29, 1.82) is 0 Å². The summed E-state index contributed by atoms with van der Waals surface area (Å²) in [4.78, 5) is 4.31. The van der Waals surface area contributed by atoms with Crippen LogP contribution in [0, 0.1) is 0 Å². The van der Waals surface area contributed by atoms with Crippen molar-refractivity contribution in [1.82, 2.24) is 10.1 Å². The SMILES string of the molecule is CCCC(N)c1nc(Cc2ccc(Cl)cc2)no1. The molecule has 0 aliphatic heterocycles. The summed E-state index contributed by atoms with van der Waals surface area (Å²) in [7, 11) is 0. The minimum atomic E-state index is -0.165. The van der Waals surface area contributed by atoms with Crippen molar-refractivity contribution in [2.75, 3.05) is 0 Å². The van der Waals surface area contributed by atoms with Gasteiger partial charge >= 0.3 is 0 Å². The molecule has 0 radical (unpaired) electrons. The molecule has 1 aromatic heterocycles. The lowest BCUT2D eigenvalue weighted by molar-refractivity contribution is 0.345. The third-order valence-electron chi connectivity index (χ3n) is 2.68. The highest BCUT2D eigenvalue weighted by Crippen LogP contribution is 2.16. The zero-order valence-electron chi connectivity index (χ0n) is 10.3. The van der Waals surface area contributed by atoms with E-state index in [1.807, 2.05) is 24.3 Å². The van der Waals surface area contributed by atoms with Crippen molar-refractivity contribution >= 4 is 11.6 Å². The molecule has 2 rings (SSSR count). The van der Waals surface area contributed by atoms with Crippen LogP contribution in [-0.4, -0.2) is 10.1 Å². The maximum absolute atomic E-state index is 5.92. The molecule has 2 aromatic rings. The Morgan fingerprint density at radius 3 is 2.72 bits per heavy atom. The first-order chi connectivity index (χ1) is 8.69. The van der Waals surface area contributed by atoms with Crippen LogP contribution in [0.3, 0.4) is 0 Å². The Morgan fingerprint density at radius 2 is 2.06 bits per heavy atom. The number of nitrogens with zero attached hydrogens (tertiary/aromatic N) is 2. The number of hydrogen-bond donors (Lipinski definition) is 1. The van der Waals surface area contributed by atoms with Gasteiger partial charge < -0.3 is 10.3 Å². The highest BCUT2D eigenvalue weighted by atomic mass is 35.5. The van der Waals surface area contributed by atoms with Crippen LogP contribution >= 0.6 is 11.6 Å². The van der Waals surface area contributed by atoms with Crippen molar-refractivity contribution in [2.45, 2.75) is 32.2 Å². The normalized spacial score (nSPS) is 12.6. The van der Waals surface area contributed by atoms with Crippen LogP contribution in [0.2, 0.25) is 5.02 Å². The van der Waals surface area contributed by atoms with Crippen LogP contribution in [0.1, 0.15) is 43.1 Å². The Kier molecular flexibility index (Phi) is 4.33. The average molecular weight is 266 g/mol. The molecule has 0 aliphatic rings. The number of halogens is 1. The van der Waals surface area contributed by atoms with Crippen LogP contribution in [0.15, 0.2) is 28.8 Å². The van der Waals surface area contributed by atoms with Crippen molar-refractivity contribution in [3.63, 3.8) is 0 Å². The summed E-state index contributed by atoms with van der Waals surface area (Å²) in [6.07, 6.45) is 2.47. The summed E-state index contributed by atoms with van der Waals surface area (Å²) in [5.41, 5.74) is 7.01. The molecule has 2 N–H and O–H groups in total. The van der Waals surface area contributed by atoms with Gasteiger partial charge in [-0.3, -0.25) is 0 Å². The quantitative estimate of drug-likeness (QED) is 0.902. The smallest absolute Gasteiger partial charge is 0.243 e. The monoisotopic (exact) mass is 265 g/mol. The zero-order valence-corrected chi connectivity index (χ0v) is 11.0. The summed E-state index contributed by atoms with van der Waals surface area (Å²) in [5, 5.41) is 4.66. The van der Waals surface area contributed by atoms with Gasteiger partial charge in [0.2, 0.25) is 5.89 Å². The second-order valence-corrected chi connectivity index (χ2v) is 4.68. The standard InChI is InChI=1S/C13H16ClN3O/c1-2-3-11(15)13-16-12(17-18-13)8-9-4-6-10(14)7-5-9/h4-7,11H,2-3,8,15H2,1H3. The predicted molar refractivity (Wildman–Crippen MR) is 70.4 cm³/mol. The van der Waals surface area contributed by atoms with Gasteiger partial charge in [-0.2, -0.15) is 4.98 Å². The van der Waals surface area contributed by atoms with E-state index in [0.717, 1.165) is 23.4 Å². The Balaban J connectivity index is 2.04. The van der Waals surface area contributed by atoms with E-state index >= 15 is 0 Å². The van der Waals surface area contributed by atoms with Gasteiger partial charge in [0.25, 0.3) is 0 Å². The van der Waals surface area contributed by atoms with Gasteiger partial charge in [0.15, 0.2) is 5.82 Å². The first-order valence-corrected chi connectivity index (χ1v) is 6.39. The Labute approximate surface area is 111 Å². The van der Waals surface area contributed by atoms with Crippen LogP contribution in [-0.2, 0) is 6.42 Å². The topological polar surface area (TPSA) is 64.9 Å². The van der Waals surface area contributed by atoms with E-state index in [-0.39, 0.29) is 6.04 Å². The number of nitrogens with two attached hydrogens (primary N) is 1. The number of aromatic nitrogens is 2. The first-order valence-electron chi connectivity index (χ1n) is 6.01. The molecule has 1 atom stereocenters. The molecule has 0 saturated carbocycles. The minimum absolute atomic E-state index is 0.165. The molecule has 0 saturated heterocycles. The van der Waals surface area contributed by atoms with Gasteiger partial charge in [-0.15, -0.1) is 0 Å². The van der Waals surface area contributed by atoms with Crippen LogP contribution < -0.4 is 5.73 Å². The summed E-state index contributed by atoms with van der Waals surface area (Å²) >= 11 is 5.83. The molecule has 4 nitrogen and oxygen atoms in total. The Morgan fingerprint density at radius 1 is 1.33 bits per heavy atom. The fourth-order valence-electron chi connectivity index (χ4n) is 1.71. The molecular formula is C13H16ClN3O. The average Bonchev–Trinajstić information content (AvgIpc) is 2.81. The molecule has 0 bridgehead atoms. The van der Waals surface area contributed by atoms with Crippen LogP contribution in [0.5, 0.6) is 0 Å². The lowest BCUT2D eigenvalue weighted by Gasteiger charge is -2.02. The lowest BCUT2D eigenvalue weighted by atomic mass is 10.1. The van der Waals surface area contributed by atoms with Gasteiger partial charge in [0.1, 0.15) is 0 Å². The molecule has 1 unspecified atom stereocenters. The van der Waals surface area contributed by atoms with E-state index < -0.39 is 0 Å². The van der Waals surface area contributed by atoms with Crippen molar-refractivity contribution < 1.29 is 4.52 Å². The van der Waals surface area contributed by atoms with Gasteiger partial charge in [-0.1, -0.05) is 42.2 Å². The summed E-state index contributed by atoms with van der Waals surface area (Å²) in [5.74, 6) is 1.17. The second kappa shape index (κ2) is 5.98. The van der Waals surface area contributed by atoms with E-state index in [2.05, 4.69) is 17.1 Å². The highest BCUT2D eigenvalue weighted by Gasteiger charge is 2.13. The second-order valence-electron chi connectivity index (χ2n) is 4.25. The third-order valence-corrected chi connectivity index (χ3v) is 2.93. The predicted octanol–water partition coefficient (Wildman–Crippen LogP) is 3.11. The molecule has 0 amide bonds. The summed E-state index contributed by atoms with van der Waals surface area (Å²) in [6.45, 7) is 2.07. The van der Waals surface area contributed by atoms with Gasteiger partial charge in [-0.25, -0.2) is 0 Å². The summed E-state index contributed by atoms with van der Waals surface area (Å²) in [6, 6.07) is 7.43. The van der Waals surface area contributed by atoms with Gasteiger partial charge in [0.05, 0.1) is 6.04 Å². The number of benzene rings is 1. The maximum Gasteiger partial charge on any atom is 0.243 e. The van der Waals surface area contributed by atoms with Crippen molar-refractivity contribution in [3.8, 4) is 0 Å². The van der Waals surface area contributed by atoms with Crippen LogP contribution in [0.25, 0.3) is 0 Å². The number of hydrogen-bond acceptors (Lipinski definition) is 4.